The number of rotatable bonds is 0. The number of hydrogen-bond donors (Lipinski definition) is 1. The highest BCUT2D eigenvalue weighted by molar-refractivity contribution is 5.82. The average Bonchev–Trinajstić information content (AvgIpc) is 1.88. The van der Waals surface area contributed by atoms with Crippen molar-refractivity contribution in [3.63, 3.8) is 0 Å². The van der Waals surface area contributed by atoms with Crippen molar-refractivity contribution in [2.75, 3.05) is 13.2 Å². The predicted octanol–water partition coefficient (Wildman–Crippen LogP) is 0.278. The van der Waals surface area contributed by atoms with E-state index in [0.29, 0.717) is 6.61 Å². The molecule has 0 bridgehead atoms. The monoisotopic (exact) mass is 132 g/mol. The summed E-state index contributed by atoms with van der Waals surface area (Å²) in [5.74, 6) is 0.286. The Morgan fingerprint density at radius 3 is 3.11 bits per heavy atom. The number of nitrogens with one attached hydrogen (secondary N) is 1. The lowest BCUT2D eigenvalue weighted by Crippen LogP contribution is -2.30. The third-order valence-electron chi connectivity index (χ3n) is 1.08. The second-order valence-corrected chi connectivity index (χ2v) is 2.03. The minimum atomic E-state index is 0.0806. The van der Waals surface area contributed by atoms with Crippen LogP contribution in [0.5, 0.6) is 0 Å². The van der Waals surface area contributed by atoms with Crippen LogP contribution in [0, 0.1) is 0 Å². The van der Waals surface area contributed by atoms with E-state index in [-0.39, 0.29) is 18.5 Å². The first-order chi connectivity index (χ1) is 4.33. The van der Waals surface area contributed by atoms with E-state index in [0.717, 1.165) is 0 Å². The summed E-state index contributed by atoms with van der Waals surface area (Å²) in [5.41, 5.74) is 1.46. The molecule has 0 aromatic heterocycles. The Morgan fingerprint density at radius 1 is 1.89 bits per heavy atom. The number of nitrogens with zero attached hydrogens (tertiary/aromatic N) is 1. The van der Waals surface area contributed by atoms with Gasteiger partial charge in [0.05, 0.1) is 12.6 Å². The molecule has 1 N–H and O–H groups in total. The molecule has 4 heteroatoms. The summed E-state index contributed by atoms with van der Waals surface area (Å²) in [7, 11) is 0. The van der Waals surface area contributed by atoms with E-state index in [1.165, 1.54) is 5.54 Å². The molecule has 3 nitrogen and oxygen atoms in total. The van der Waals surface area contributed by atoms with Crippen LogP contribution in [0.4, 0.5) is 4.48 Å². The van der Waals surface area contributed by atoms with Gasteiger partial charge in [-0.15, -0.1) is 4.48 Å². The summed E-state index contributed by atoms with van der Waals surface area (Å²) in [6.45, 7) is 2.72. The molecular formula is C5H9FN2O. The maximum Gasteiger partial charge on any atom is 0.152 e. The van der Waals surface area contributed by atoms with Crippen molar-refractivity contribution >= 4 is 5.84 Å². The maximum absolute atomic E-state index is 11.6. The second kappa shape index (κ2) is 2.77. The highest BCUT2D eigenvalue weighted by atomic mass is 19.2. The van der Waals surface area contributed by atoms with Gasteiger partial charge in [-0.2, -0.15) is 0 Å². The van der Waals surface area contributed by atoms with Crippen LogP contribution in [0.2, 0.25) is 0 Å². The number of aliphatic imine (C=N–C) groups is 1. The average molecular weight is 132 g/mol. The fourth-order valence-corrected chi connectivity index (χ4v) is 0.718. The molecule has 0 aromatic carbocycles. The summed E-state index contributed by atoms with van der Waals surface area (Å²) in [5, 5.41) is 0. The van der Waals surface area contributed by atoms with Crippen LogP contribution in [-0.4, -0.2) is 25.1 Å². The molecule has 52 valence electrons. The lowest BCUT2D eigenvalue weighted by atomic mass is 10.3. The molecular weight excluding hydrogens is 123 g/mol. The van der Waals surface area contributed by atoms with Gasteiger partial charge >= 0.3 is 0 Å². The summed E-state index contributed by atoms with van der Waals surface area (Å²) < 4.78 is 16.5. The highest BCUT2D eigenvalue weighted by Crippen LogP contribution is 1.97. The largest absolute Gasteiger partial charge is 0.371 e. The molecule has 0 aromatic rings. The summed E-state index contributed by atoms with van der Waals surface area (Å²) in [4.78, 5) is 3.91. The van der Waals surface area contributed by atoms with Crippen molar-refractivity contribution in [3.8, 4) is 0 Å². The molecule has 0 spiro atoms. The quantitative estimate of drug-likeness (QED) is 0.480. The minimum Gasteiger partial charge on any atom is -0.371 e. The molecule has 1 aliphatic heterocycles. The lowest BCUT2D eigenvalue weighted by Gasteiger charge is -2.15. The van der Waals surface area contributed by atoms with Crippen LogP contribution >= 0.6 is 0 Å². The normalized spacial score (nSPS) is 27.3. The second-order valence-electron chi connectivity index (χ2n) is 2.03. The van der Waals surface area contributed by atoms with E-state index in [9.17, 15) is 4.48 Å². The summed E-state index contributed by atoms with van der Waals surface area (Å²) in [6.07, 6.45) is 0. The van der Waals surface area contributed by atoms with Crippen molar-refractivity contribution in [3.05, 3.63) is 0 Å². The van der Waals surface area contributed by atoms with Crippen LogP contribution < -0.4 is 5.54 Å². The summed E-state index contributed by atoms with van der Waals surface area (Å²) in [6, 6.07) is 0.0806. The first-order valence-electron chi connectivity index (χ1n) is 2.84. The molecule has 1 heterocycles. The zero-order valence-corrected chi connectivity index (χ0v) is 5.22. The van der Waals surface area contributed by atoms with Crippen LogP contribution in [0.15, 0.2) is 4.99 Å². The Labute approximate surface area is 52.9 Å². The lowest BCUT2D eigenvalue weighted by molar-refractivity contribution is 0.142. The number of hydrogen-bond acceptors (Lipinski definition) is 3. The van der Waals surface area contributed by atoms with Gasteiger partial charge < -0.3 is 4.74 Å². The van der Waals surface area contributed by atoms with E-state index in [4.69, 9.17) is 4.74 Å². The zero-order valence-electron chi connectivity index (χ0n) is 5.22. The van der Waals surface area contributed by atoms with Gasteiger partial charge in [-0.3, -0.25) is 4.99 Å². The third-order valence-corrected chi connectivity index (χ3v) is 1.08. The molecule has 1 unspecified atom stereocenters. The first-order valence-corrected chi connectivity index (χ1v) is 2.84. The van der Waals surface area contributed by atoms with E-state index in [1.54, 1.807) is 0 Å². The third kappa shape index (κ3) is 1.64. The predicted molar refractivity (Wildman–Crippen MR) is 32.0 cm³/mol. The Kier molecular flexibility index (Phi) is 2.00. The molecule has 0 saturated heterocycles. The van der Waals surface area contributed by atoms with Gasteiger partial charge in [-0.1, -0.05) is 0 Å². The molecule has 1 atom stereocenters. The van der Waals surface area contributed by atoms with Crippen molar-refractivity contribution in [2.45, 2.75) is 13.0 Å². The van der Waals surface area contributed by atoms with E-state index >= 15 is 0 Å². The maximum atomic E-state index is 11.6. The Morgan fingerprint density at radius 2 is 2.67 bits per heavy atom. The van der Waals surface area contributed by atoms with Gasteiger partial charge in [0, 0.05) is 0 Å². The van der Waals surface area contributed by atoms with Gasteiger partial charge in [0.25, 0.3) is 0 Å². The van der Waals surface area contributed by atoms with Gasteiger partial charge in [-0.05, 0) is 6.92 Å². The summed E-state index contributed by atoms with van der Waals surface area (Å²) >= 11 is 0. The standard InChI is InChI=1S/C5H9FN2O/c1-4-2-9-3-5(7-4)8-6/h4H,2-3H2,1H3,(H,7,8). The molecule has 1 aliphatic rings. The fourth-order valence-electron chi connectivity index (χ4n) is 0.718. The van der Waals surface area contributed by atoms with Crippen LogP contribution in [0.1, 0.15) is 6.92 Å². The van der Waals surface area contributed by atoms with Crippen LogP contribution in [-0.2, 0) is 4.74 Å². The number of halogens is 1. The molecule has 0 saturated carbocycles. The minimum absolute atomic E-state index is 0.0806. The highest BCUT2D eigenvalue weighted by Gasteiger charge is 2.09. The Bertz CT molecular complexity index is 126. The molecule has 9 heavy (non-hydrogen) atoms. The molecule has 1 rings (SSSR count). The number of ether oxygens (including phenoxy) is 1. The van der Waals surface area contributed by atoms with Gasteiger partial charge in [0.15, 0.2) is 5.84 Å². The van der Waals surface area contributed by atoms with E-state index in [2.05, 4.69) is 4.99 Å². The van der Waals surface area contributed by atoms with Crippen molar-refractivity contribution < 1.29 is 9.22 Å². The Hall–Kier alpha value is -0.640. The molecule has 0 radical (unpaired) electrons. The van der Waals surface area contributed by atoms with Crippen molar-refractivity contribution in [1.82, 2.24) is 5.54 Å². The first kappa shape index (κ1) is 6.48. The van der Waals surface area contributed by atoms with Gasteiger partial charge in [0.2, 0.25) is 0 Å². The van der Waals surface area contributed by atoms with E-state index in [1.807, 2.05) is 6.92 Å². The van der Waals surface area contributed by atoms with Crippen LogP contribution in [0.25, 0.3) is 0 Å². The molecule has 0 aliphatic carbocycles. The number of amidine groups is 1. The Balaban J connectivity index is 2.49. The SMILES string of the molecule is CC1COCC(NF)=N1. The topological polar surface area (TPSA) is 33.6 Å². The fraction of sp³-hybridized carbons (Fsp3) is 0.800. The van der Waals surface area contributed by atoms with Crippen molar-refractivity contribution in [1.29, 1.82) is 0 Å². The van der Waals surface area contributed by atoms with E-state index < -0.39 is 0 Å². The zero-order chi connectivity index (χ0) is 6.69. The van der Waals surface area contributed by atoms with Gasteiger partial charge in [-0.25, -0.2) is 5.54 Å². The van der Waals surface area contributed by atoms with Crippen LogP contribution in [0.3, 0.4) is 0 Å². The smallest absolute Gasteiger partial charge is 0.152 e. The molecule has 0 amide bonds. The van der Waals surface area contributed by atoms with Gasteiger partial charge in [0.1, 0.15) is 6.61 Å². The van der Waals surface area contributed by atoms with Crippen molar-refractivity contribution in [2.24, 2.45) is 4.99 Å². The molecule has 0 fully saturated rings.